The summed E-state index contributed by atoms with van der Waals surface area (Å²) >= 11 is 11.4. The second kappa shape index (κ2) is 5.99. The molecule has 6 nitrogen and oxygen atoms in total. The summed E-state index contributed by atoms with van der Waals surface area (Å²) < 4.78 is 0. The maximum absolute atomic E-state index is 12.0. The molecule has 0 aliphatic carbocycles. The molecule has 0 aliphatic heterocycles. The van der Waals surface area contributed by atoms with Gasteiger partial charge in [0.05, 0.1) is 21.8 Å². The number of carboxylic acids is 1. The molecule has 0 spiro atoms. The third-order valence-corrected chi connectivity index (χ3v) is 3.24. The number of nitrogens with zero attached hydrogens (tertiary/aromatic N) is 1. The predicted octanol–water partition coefficient (Wildman–Crippen LogP) is 3.04. The molecule has 0 aliphatic rings. The molecule has 3 N–H and O–H groups in total. The second-order valence-corrected chi connectivity index (χ2v) is 4.75. The Kier molecular flexibility index (Phi) is 4.30. The number of carboxylic acid groups (broad SMARTS) is 1. The minimum Gasteiger partial charge on any atom is -0.506 e. The SMILES string of the molecule is O=C(O)c1ccc(O)c(NC(=O)c2cnc(Cl)c(Cl)c2)c1. The molecule has 1 aromatic heterocycles. The van der Waals surface area contributed by atoms with Crippen molar-refractivity contribution in [1.29, 1.82) is 0 Å². The van der Waals surface area contributed by atoms with E-state index in [9.17, 15) is 14.7 Å². The number of rotatable bonds is 3. The Bertz CT molecular complexity index is 734. The number of carbonyl (C=O) groups excluding carboxylic acids is 1. The number of pyridine rings is 1. The summed E-state index contributed by atoms with van der Waals surface area (Å²) in [4.78, 5) is 26.6. The summed E-state index contributed by atoms with van der Waals surface area (Å²) in [6.07, 6.45) is 1.21. The highest BCUT2D eigenvalue weighted by Crippen LogP contribution is 2.26. The first-order valence-electron chi connectivity index (χ1n) is 5.57. The zero-order valence-corrected chi connectivity index (χ0v) is 11.8. The van der Waals surface area contributed by atoms with Crippen molar-refractivity contribution in [3.8, 4) is 5.75 Å². The van der Waals surface area contributed by atoms with Crippen molar-refractivity contribution in [3.05, 3.63) is 51.8 Å². The van der Waals surface area contributed by atoms with Gasteiger partial charge in [0.15, 0.2) is 0 Å². The summed E-state index contributed by atoms with van der Waals surface area (Å²) in [6, 6.07) is 4.84. The summed E-state index contributed by atoms with van der Waals surface area (Å²) in [7, 11) is 0. The number of hydrogen-bond acceptors (Lipinski definition) is 4. The molecule has 1 amide bonds. The Morgan fingerprint density at radius 2 is 1.86 bits per heavy atom. The van der Waals surface area contributed by atoms with Crippen LogP contribution in [0.4, 0.5) is 5.69 Å². The Morgan fingerprint density at radius 1 is 1.14 bits per heavy atom. The van der Waals surface area contributed by atoms with E-state index < -0.39 is 11.9 Å². The number of hydrogen-bond donors (Lipinski definition) is 3. The molecule has 0 saturated carbocycles. The molecular formula is C13H8Cl2N2O4. The number of anilines is 1. The molecule has 0 radical (unpaired) electrons. The van der Waals surface area contributed by atoms with E-state index in [-0.39, 0.29) is 32.7 Å². The van der Waals surface area contributed by atoms with Crippen LogP contribution >= 0.6 is 23.2 Å². The standard InChI is InChI=1S/C13H8Cl2N2O4/c14-8-3-7(5-16-11(8)15)12(19)17-9-4-6(13(20)21)1-2-10(9)18/h1-5,18H,(H,17,19)(H,20,21). The number of aromatic nitrogens is 1. The highest BCUT2D eigenvalue weighted by Gasteiger charge is 2.13. The monoisotopic (exact) mass is 326 g/mol. The van der Waals surface area contributed by atoms with Crippen LogP contribution in [0, 0.1) is 0 Å². The minimum absolute atomic E-state index is 0.0361. The van der Waals surface area contributed by atoms with Gasteiger partial charge in [0, 0.05) is 6.20 Å². The molecule has 0 bridgehead atoms. The third-order valence-electron chi connectivity index (χ3n) is 2.55. The Morgan fingerprint density at radius 3 is 2.48 bits per heavy atom. The first-order chi connectivity index (χ1) is 9.88. The van der Waals surface area contributed by atoms with Gasteiger partial charge in [0.25, 0.3) is 5.91 Å². The van der Waals surface area contributed by atoms with E-state index in [1.54, 1.807) is 0 Å². The van der Waals surface area contributed by atoms with Crippen molar-refractivity contribution in [1.82, 2.24) is 4.98 Å². The molecule has 108 valence electrons. The molecule has 0 atom stereocenters. The van der Waals surface area contributed by atoms with E-state index in [4.69, 9.17) is 28.3 Å². The van der Waals surface area contributed by atoms with Crippen LogP contribution in [0.25, 0.3) is 0 Å². The fraction of sp³-hybridized carbons (Fsp3) is 0. The normalized spacial score (nSPS) is 10.2. The average Bonchev–Trinajstić information content (AvgIpc) is 2.43. The lowest BCUT2D eigenvalue weighted by atomic mass is 10.1. The highest BCUT2D eigenvalue weighted by molar-refractivity contribution is 6.41. The van der Waals surface area contributed by atoms with Gasteiger partial charge >= 0.3 is 5.97 Å². The van der Waals surface area contributed by atoms with E-state index in [2.05, 4.69) is 10.3 Å². The van der Waals surface area contributed by atoms with E-state index in [0.717, 1.165) is 6.07 Å². The Hall–Kier alpha value is -2.31. The number of aromatic carboxylic acids is 1. The number of carbonyl (C=O) groups is 2. The van der Waals surface area contributed by atoms with Crippen LogP contribution in [0.2, 0.25) is 10.2 Å². The summed E-state index contributed by atoms with van der Waals surface area (Å²) in [5.74, 6) is -2.05. The van der Waals surface area contributed by atoms with Gasteiger partial charge in [0.2, 0.25) is 0 Å². The van der Waals surface area contributed by atoms with Crippen molar-refractivity contribution >= 4 is 40.8 Å². The second-order valence-electron chi connectivity index (χ2n) is 3.99. The number of phenolic OH excluding ortho intramolecular Hbond substituents is 1. The highest BCUT2D eigenvalue weighted by atomic mass is 35.5. The van der Waals surface area contributed by atoms with Gasteiger partial charge in [-0.1, -0.05) is 23.2 Å². The van der Waals surface area contributed by atoms with Crippen LogP contribution in [-0.4, -0.2) is 27.1 Å². The predicted molar refractivity (Wildman–Crippen MR) is 77.3 cm³/mol. The lowest BCUT2D eigenvalue weighted by Crippen LogP contribution is -2.13. The zero-order valence-electron chi connectivity index (χ0n) is 10.3. The summed E-state index contributed by atoms with van der Waals surface area (Å²) in [5, 5.41) is 21.1. The molecule has 0 fully saturated rings. The van der Waals surface area contributed by atoms with Gasteiger partial charge in [-0.2, -0.15) is 0 Å². The summed E-state index contributed by atoms with van der Waals surface area (Å²) in [5.41, 5.74) is 0.00543. The molecular weight excluding hydrogens is 319 g/mol. The van der Waals surface area contributed by atoms with Gasteiger partial charge in [-0.3, -0.25) is 4.79 Å². The fourth-order valence-corrected chi connectivity index (χ4v) is 1.78. The Balaban J connectivity index is 2.28. The van der Waals surface area contributed by atoms with E-state index in [0.29, 0.717) is 0 Å². The molecule has 0 unspecified atom stereocenters. The van der Waals surface area contributed by atoms with E-state index in [1.165, 1.54) is 24.4 Å². The molecule has 1 aromatic carbocycles. The third kappa shape index (κ3) is 3.42. The molecule has 8 heteroatoms. The first kappa shape index (κ1) is 15.1. The zero-order chi connectivity index (χ0) is 15.6. The van der Waals surface area contributed by atoms with Crippen molar-refractivity contribution in [2.24, 2.45) is 0 Å². The first-order valence-corrected chi connectivity index (χ1v) is 6.33. The number of nitrogens with one attached hydrogen (secondary N) is 1. The number of aromatic hydroxyl groups is 1. The van der Waals surface area contributed by atoms with Crippen LogP contribution in [0.1, 0.15) is 20.7 Å². The van der Waals surface area contributed by atoms with Gasteiger partial charge in [0.1, 0.15) is 10.9 Å². The minimum atomic E-state index is -1.18. The topological polar surface area (TPSA) is 99.5 Å². The molecule has 1 heterocycles. The van der Waals surface area contributed by atoms with Crippen LogP contribution in [-0.2, 0) is 0 Å². The van der Waals surface area contributed by atoms with E-state index >= 15 is 0 Å². The van der Waals surface area contributed by atoms with Crippen LogP contribution in [0.3, 0.4) is 0 Å². The lowest BCUT2D eigenvalue weighted by molar-refractivity contribution is 0.0696. The number of phenols is 1. The van der Waals surface area contributed by atoms with Gasteiger partial charge in [-0.05, 0) is 24.3 Å². The van der Waals surface area contributed by atoms with Crippen LogP contribution < -0.4 is 5.32 Å². The largest absolute Gasteiger partial charge is 0.506 e. The summed E-state index contributed by atoms with van der Waals surface area (Å²) in [6.45, 7) is 0. The van der Waals surface area contributed by atoms with Crippen LogP contribution in [0.15, 0.2) is 30.5 Å². The lowest BCUT2D eigenvalue weighted by Gasteiger charge is -2.08. The quantitative estimate of drug-likeness (QED) is 0.594. The maximum atomic E-state index is 12.0. The fourth-order valence-electron chi connectivity index (χ4n) is 1.51. The Labute approximate surface area is 129 Å². The van der Waals surface area contributed by atoms with Crippen molar-refractivity contribution in [2.75, 3.05) is 5.32 Å². The van der Waals surface area contributed by atoms with Gasteiger partial charge in [-0.15, -0.1) is 0 Å². The van der Waals surface area contributed by atoms with Crippen molar-refractivity contribution < 1.29 is 19.8 Å². The number of benzene rings is 1. The molecule has 21 heavy (non-hydrogen) atoms. The maximum Gasteiger partial charge on any atom is 0.335 e. The number of halogens is 2. The molecule has 2 rings (SSSR count). The van der Waals surface area contributed by atoms with E-state index in [1.807, 2.05) is 0 Å². The smallest absolute Gasteiger partial charge is 0.335 e. The van der Waals surface area contributed by atoms with Crippen LogP contribution in [0.5, 0.6) is 5.75 Å². The average molecular weight is 327 g/mol. The van der Waals surface area contributed by atoms with Gasteiger partial charge < -0.3 is 15.5 Å². The molecule has 2 aromatic rings. The molecule has 0 saturated heterocycles. The van der Waals surface area contributed by atoms with Crippen molar-refractivity contribution in [2.45, 2.75) is 0 Å². The number of amides is 1. The van der Waals surface area contributed by atoms with Gasteiger partial charge in [-0.25, -0.2) is 9.78 Å². The van der Waals surface area contributed by atoms with Crippen molar-refractivity contribution in [3.63, 3.8) is 0 Å².